The first kappa shape index (κ1) is 9.71. The highest BCUT2D eigenvalue weighted by molar-refractivity contribution is 7.10. The maximum absolute atomic E-state index is 9.81. The fourth-order valence-electron chi connectivity index (χ4n) is 1.07. The Kier molecular flexibility index (Phi) is 3.26. The molecule has 0 fully saturated rings. The predicted octanol–water partition coefficient (Wildman–Crippen LogP) is 1.70. The lowest BCUT2D eigenvalue weighted by Gasteiger charge is -2.17. The van der Waals surface area contributed by atoms with Crippen LogP contribution in [0, 0.1) is 6.92 Å². The second kappa shape index (κ2) is 4.03. The van der Waals surface area contributed by atoms with E-state index in [-0.39, 0.29) is 12.1 Å². The maximum Gasteiger partial charge on any atom is 0.103 e. The number of hydrogen-bond acceptors (Lipinski definition) is 3. The summed E-state index contributed by atoms with van der Waals surface area (Å²) in [5, 5.41) is 14.9. The highest BCUT2D eigenvalue weighted by Crippen LogP contribution is 2.25. The summed E-state index contributed by atoms with van der Waals surface area (Å²) in [6.07, 6.45) is -0.380. The van der Waals surface area contributed by atoms with E-state index in [1.165, 1.54) is 5.56 Å². The van der Waals surface area contributed by atoms with Gasteiger partial charge in [-0.05, 0) is 37.9 Å². The average molecular weight is 185 g/mol. The van der Waals surface area contributed by atoms with E-state index >= 15 is 0 Å². The predicted molar refractivity (Wildman–Crippen MR) is 52.5 cm³/mol. The molecule has 0 aliphatic carbocycles. The lowest BCUT2D eigenvalue weighted by molar-refractivity contribution is 0.143. The quantitative estimate of drug-likeness (QED) is 0.751. The lowest BCUT2D eigenvalue weighted by atomic mass is 10.1. The van der Waals surface area contributed by atoms with Crippen LogP contribution in [0.4, 0.5) is 0 Å². The van der Waals surface area contributed by atoms with Crippen LogP contribution in [-0.4, -0.2) is 18.2 Å². The van der Waals surface area contributed by atoms with Crippen molar-refractivity contribution in [2.24, 2.45) is 0 Å². The van der Waals surface area contributed by atoms with E-state index in [9.17, 15) is 5.11 Å². The van der Waals surface area contributed by atoms with Gasteiger partial charge in [0, 0.05) is 10.9 Å². The molecule has 2 atom stereocenters. The Morgan fingerprint density at radius 1 is 1.58 bits per heavy atom. The summed E-state index contributed by atoms with van der Waals surface area (Å²) in [5.41, 5.74) is 1.18. The first-order valence-electron chi connectivity index (χ1n) is 4.06. The summed E-state index contributed by atoms with van der Waals surface area (Å²) in [5.74, 6) is 0. The summed E-state index contributed by atoms with van der Waals surface area (Å²) in [6, 6.07) is 2.15. The summed E-state index contributed by atoms with van der Waals surface area (Å²) >= 11 is 1.61. The molecule has 0 aromatic carbocycles. The van der Waals surface area contributed by atoms with Gasteiger partial charge in [0.05, 0.1) is 0 Å². The molecule has 0 saturated heterocycles. The van der Waals surface area contributed by atoms with Gasteiger partial charge in [-0.25, -0.2) is 0 Å². The summed E-state index contributed by atoms with van der Waals surface area (Å²) in [6.45, 7) is 4.00. The van der Waals surface area contributed by atoms with E-state index in [1.807, 2.05) is 32.3 Å². The first-order chi connectivity index (χ1) is 5.66. The third-order valence-electron chi connectivity index (χ3n) is 2.10. The van der Waals surface area contributed by atoms with Crippen LogP contribution in [0.25, 0.3) is 0 Å². The number of aryl methyl sites for hydroxylation is 1. The maximum atomic E-state index is 9.81. The molecule has 68 valence electrons. The Morgan fingerprint density at radius 2 is 2.25 bits per heavy atom. The van der Waals surface area contributed by atoms with Gasteiger partial charge in [-0.1, -0.05) is 0 Å². The van der Waals surface area contributed by atoms with Gasteiger partial charge in [-0.15, -0.1) is 11.3 Å². The molecule has 1 aromatic heterocycles. The molecule has 0 aliphatic heterocycles. The second-order valence-corrected chi connectivity index (χ2v) is 3.94. The Hall–Kier alpha value is -0.380. The third-order valence-corrected chi connectivity index (χ3v) is 3.19. The Labute approximate surface area is 77.2 Å². The molecule has 3 heteroatoms. The Balaban J connectivity index is 2.77. The van der Waals surface area contributed by atoms with Gasteiger partial charge in [0.1, 0.15) is 6.10 Å². The summed E-state index contributed by atoms with van der Waals surface area (Å²) in [4.78, 5) is 1.07. The van der Waals surface area contributed by atoms with Crippen LogP contribution in [0.1, 0.15) is 23.5 Å². The molecule has 0 saturated carbocycles. The van der Waals surface area contributed by atoms with Crippen molar-refractivity contribution in [2.75, 3.05) is 7.05 Å². The van der Waals surface area contributed by atoms with Crippen LogP contribution in [0.15, 0.2) is 11.4 Å². The van der Waals surface area contributed by atoms with Crippen LogP contribution >= 0.6 is 11.3 Å². The van der Waals surface area contributed by atoms with Gasteiger partial charge in [0.15, 0.2) is 0 Å². The van der Waals surface area contributed by atoms with Crippen LogP contribution in [-0.2, 0) is 0 Å². The molecule has 0 aliphatic rings. The number of rotatable bonds is 3. The standard InChI is InChI=1S/C9H15NOS/c1-6-4-5-12-9(6)8(11)7(2)10-3/h4-5,7-8,10-11H,1-3H3/t7-,8?/m0/s1. The van der Waals surface area contributed by atoms with Crippen molar-refractivity contribution < 1.29 is 5.11 Å². The highest BCUT2D eigenvalue weighted by Gasteiger charge is 2.17. The fraction of sp³-hybridized carbons (Fsp3) is 0.556. The number of aliphatic hydroxyl groups excluding tert-OH is 1. The molecular formula is C9H15NOS. The van der Waals surface area contributed by atoms with Crippen LogP contribution in [0.3, 0.4) is 0 Å². The fourth-order valence-corrected chi connectivity index (χ4v) is 2.09. The molecule has 2 N–H and O–H groups in total. The molecule has 1 aromatic rings. The van der Waals surface area contributed by atoms with Gasteiger partial charge in [0.2, 0.25) is 0 Å². The molecule has 0 spiro atoms. The average Bonchev–Trinajstić information content (AvgIpc) is 2.48. The number of hydrogen-bond donors (Lipinski definition) is 2. The van der Waals surface area contributed by atoms with E-state index in [0.29, 0.717) is 0 Å². The largest absolute Gasteiger partial charge is 0.386 e. The molecule has 1 heterocycles. The Morgan fingerprint density at radius 3 is 2.67 bits per heavy atom. The molecule has 1 rings (SSSR count). The van der Waals surface area contributed by atoms with Crippen molar-refractivity contribution in [3.05, 3.63) is 21.9 Å². The van der Waals surface area contributed by atoms with Crippen molar-refractivity contribution in [1.82, 2.24) is 5.32 Å². The van der Waals surface area contributed by atoms with Crippen molar-refractivity contribution in [1.29, 1.82) is 0 Å². The van der Waals surface area contributed by atoms with E-state index in [2.05, 4.69) is 5.32 Å². The zero-order valence-electron chi connectivity index (χ0n) is 7.66. The molecule has 0 amide bonds. The molecule has 0 radical (unpaired) electrons. The minimum absolute atomic E-state index is 0.113. The minimum Gasteiger partial charge on any atom is -0.386 e. The van der Waals surface area contributed by atoms with E-state index in [4.69, 9.17) is 0 Å². The van der Waals surface area contributed by atoms with Gasteiger partial charge in [-0.2, -0.15) is 0 Å². The number of aliphatic hydroxyl groups is 1. The summed E-state index contributed by atoms with van der Waals surface area (Å²) in [7, 11) is 1.86. The SMILES string of the molecule is CN[C@@H](C)C(O)c1sccc1C. The zero-order chi connectivity index (χ0) is 9.14. The van der Waals surface area contributed by atoms with Gasteiger partial charge >= 0.3 is 0 Å². The molecular weight excluding hydrogens is 170 g/mol. The molecule has 12 heavy (non-hydrogen) atoms. The van der Waals surface area contributed by atoms with Crippen molar-refractivity contribution in [2.45, 2.75) is 26.0 Å². The monoisotopic (exact) mass is 185 g/mol. The van der Waals surface area contributed by atoms with Crippen molar-refractivity contribution >= 4 is 11.3 Å². The third kappa shape index (κ3) is 1.86. The van der Waals surface area contributed by atoms with Crippen LogP contribution < -0.4 is 5.32 Å². The minimum atomic E-state index is -0.380. The van der Waals surface area contributed by atoms with Crippen molar-refractivity contribution in [3.63, 3.8) is 0 Å². The highest BCUT2D eigenvalue weighted by atomic mass is 32.1. The Bertz CT molecular complexity index is 246. The van der Waals surface area contributed by atoms with Gasteiger partial charge in [0.25, 0.3) is 0 Å². The molecule has 1 unspecified atom stereocenters. The van der Waals surface area contributed by atoms with Crippen LogP contribution in [0.5, 0.6) is 0 Å². The molecule has 0 bridgehead atoms. The smallest absolute Gasteiger partial charge is 0.103 e. The summed E-state index contributed by atoms with van der Waals surface area (Å²) < 4.78 is 0. The van der Waals surface area contributed by atoms with Gasteiger partial charge < -0.3 is 10.4 Å². The topological polar surface area (TPSA) is 32.3 Å². The van der Waals surface area contributed by atoms with E-state index in [1.54, 1.807) is 11.3 Å². The number of nitrogens with one attached hydrogen (secondary N) is 1. The second-order valence-electron chi connectivity index (χ2n) is 2.99. The van der Waals surface area contributed by atoms with Gasteiger partial charge in [-0.3, -0.25) is 0 Å². The van der Waals surface area contributed by atoms with E-state index < -0.39 is 0 Å². The number of thiophene rings is 1. The van der Waals surface area contributed by atoms with E-state index in [0.717, 1.165) is 4.88 Å². The zero-order valence-corrected chi connectivity index (χ0v) is 8.48. The molecule has 2 nitrogen and oxygen atoms in total. The van der Waals surface area contributed by atoms with Crippen molar-refractivity contribution in [3.8, 4) is 0 Å². The van der Waals surface area contributed by atoms with Crippen LogP contribution in [0.2, 0.25) is 0 Å². The lowest BCUT2D eigenvalue weighted by Crippen LogP contribution is -2.28. The number of likely N-dealkylation sites (N-methyl/N-ethyl adjacent to an activating group) is 1. The first-order valence-corrected chi connectivity index (χ1v) is 4.94. The normalized spacial score (nSPS) is 16.0.